The Morgan fingerprint density at radius 3 is 2.54 bits per heavy atom. The van der Waals surface area contributed by atoms with E-state index in [1.165, 1.54) is 5.56 Å². The molecule has 1 aliphatic heterocycles. The lowest BCUT2D eigenvalue weighted by Crippen LogP contribution is -2.53. The van der Waals surface area contributed by atoms with E-state index in [1.807, 2.05) is 13.0 Å². The molecule has 0 saturated carbocycles. The summed E-state index contributed by atoms with van der Waals surface area (Å²) in [5.41, 5.74) is 1.97. The smallest absolute Gasteiger partial charge is 0.241 e. The minimum Gasteiger partial charge on any atom is -0.495 e. The molecule has 3 rings (SSSR count). The van der Waals surface area contributed by atoms with Gasteiger partial charge in [0, 0.05) is 37.7 Å². The quantitative estimate of drug-likeness (QED) is 0.770. The van der Waals surface area contributed by atoms with Crippen molar-refractivity contribution in [3.05, 3.63) is 59.1 Å². The molecule has 1 aliphatic rings. The highest BCUT2D eigenvalue weighted by atomic mass is 35.5. The molecule has 5 nitrogen and oxygen atoms in total. The van der Waals surface area contributed by atoms with Crippen LogP contribution in [-0.4, -0.2) is 61.6 Å². The predicted molar refractivity (Wildman–Crippen MR) is 114 cm³/mol. The fourth-order valence-corrected chi connectivity index (χ4v) is 3.66. The van der Waals surface area contributed by atoms with Gasteiger partial charge in [0.2, 0.25) is 5.91 Å². The first-order chi connectivity index (χ1) is 13.6. The number of hydrogen-bond donors (Lipinski definition) is 1. The Labute approximate surface area is 172 Å². The van der Waals surface area contributed by atoms with Crippen molar-refractivity contribution in [2.75, 3.05) is 45.2 Å². The number of rotatable bonds is 7. The molecule has 0 spiro atoms. The summed E-state index contributed by atoms with van der Waals surface area (Å²) in [5, 5.41) is 3.52. The predicted octanol–water partition coefficient (Wildman–Crippen LogP) is 3.54. The van der Waals surface area contributed by atoms with Crippen LogP contribution in [0.2, 0.25) is 5.02 Å². The largest absolute Gasteiger partial charge is 0.495 e. The number of anilines is 1. The third-order valence-electron chi connectivity index (χ3n) is 5.31. The van der Waals surface area contributed by atoms with Crippen molar-refractivity contribution in [1.82, 2.24) is 9.80 Å². The summed E-state index contributed by atoms with van der Waals surface area (Å²) in [4.78, 5) is 17.4. The number of ether oxygens (including phenoxy) is 1. The van der Waals surface area contributed by atoms with Crippen LogP contribution in [0.25, 0.3) is 0 Å². The van der Waals surface area contributed by atoms with Gasteiger partial charge in [0.05, 0.1) is 18.8 Å². The zero-order valence-electron chi connectivity index (χ0n) is 16.5. The molecule has 0 aliphatic carbocycles. The highest BCUT2D eigenvalue weighted by molar-refractivity contribution is 6.31. The fourth-order valence-electron chi connectivity index (χ4n) is 3.49. The highest BCUT2D eigenvalue weighted by Gasteiger charge is 2.26. The van der Waals surface area contributed by atoms with Gasteiger partial charge in [-0.3, -0.25) is 9.69 Å². The maximum atomic E-state index is 12.7. The Morgan fingerprint density at radius 2 is 1.86 bits per heavy atom. The Balaban J connectivity index is 1.48. The van der Waals surface area contributed by atoms with Gasteiger partial charge in [0.1, 0.15) is 5.75 Å². The first-order valence-corrected chi connectivity index (χ1v) is 10.1. The van der Waals surface area contributed by atoms with E-state index in [4.69, 9.17) is 16.3 Å². The average Bonchev–Trinajstić information content (AvgIpc) is 2.73. The molecule has 1 saturated heterocycles. The van der Waals surface area contributed by atoms with E-state index >= 15 is 0 Å². The van der Waals surface area contributed by atoms with Gasteiger partial charge in [-0.2, -0.15) is 0 Å². The first-order valence-electron chi connectivity index (χ1n) is 9.71. The summed E-state index contributed by atoms with van der Waals surface area (Å²) in [6.45, 7) is 6.73. The highest BCUT2D eigenvalue weighted by Crippen LogP contribution is 2.28. The summed E-state index contributed by atoms with van der Waals surface area (Å²) >= 11 is 6.05. The topological polar surface area (TPSA) is 44.8 Å². The van der Waals surface area contributed by atoms with Gasteiger partial charge < -0.3 is 15.0 Å². The Kier molecular flexibility index (Phi) is 7.31. The molecule has 6 heteroatoms. The third kappa shape index (κ3) is 5.47. The maximum absolute atomic E-state index is 12.7. The van der Waals surface area contributed by atoms with Crippen LogP contribution in [0.4, 0.5) is 5.69 Å². The van der Waals surface area contributed by atoms with Gasteiger partial charge in [-0.05, 0) is 37.1 Å². The van der Waals surface area contributed by atoms with Gasteiger partial charge in [-0.15, -0.1) is 0 Å². The molecule has 1 amide bonds. The lowest BCUT2D eigenvalue weighted by Gasteiger charge is -2.37. The van der Waals surface area contributed by atoms with Crippen molar-refractivity contribution < 1.29 is 9.53 Å². The van der Waals surface area contributed by atoms with Crippen LogP contribution in [0.5, 0.6) is 5.75 Å². The van der Waals surface area contributed by atoms with E-state index in [0.717, 1.165) is 39.1 Å². The van der Waals surface area contributed by atoms with Gasteiger partial charge in [0.15, 0.2) is 0 Å². The van der Waals surface area contributed by atoms with Gasteiger partial charge in [-0.1, -0.05) is 41.9 Å². The van der Waals surface area contributed by atoms with Gasteiger partial charge in [0.25, 0.3) is 0 Å². The molecular weight excluding hydrogens is 374 g/mol. The van der Waals surface area contributed by atoms with E-state index in [1.54, 1.807) is 25.3 Å². The number of benzene rings is 2. The second-order valence-electron chi connectivity index (χ2n) is 7.12. The maximum Gasteiger partial charge on any atom is 0.241 e. The molecule has 150 valence electrons. The fraction of sp³-hybridized carbons (Fsp3) is 0.409. The number of piperazine rings is 1. The molecule has 0 unspecified atom stereocenters. The van der Waals surface area contributed by atoms with Crippen LogP contribution in [0.3, 0.4) is 0 Å². The minimum absolute atomic E-state index is 0.0432. The number of amides is 1. The number of nitrogens with zero attached hydrogens (tertiary/aromatic N) is 2. The average molecular weight is 402 g/mol. The van der Waals surface area contributed by atoms with Crippen molar-refractivity contribution in [2.24, 2.45) is 0 Å². The molecule has 1 N–H and O–H groups in total. The molecule has 1 fully saturated rings. The SMILES string of the molecule is COc1ccc(Cl)cc1NC(=O)[C@H](C)N1CCN(CCc2ccccc2)CC1. The van der Waals surface area contributed by atoms with Crippen molar-refractivity contribution in [2.45, 2.75) is 19.4 Å². The number of carbonyl (C=O) groups is 1. The van der Waals surface area contributed by atoms with Gasteiger partial charge >= 0.3 is 0 Å². The molecule has 0 aromatic heterocycles. The number of carbonyl (C=O) groups excluding carboxylic acids is 1. The molecule has 2 aromatic rings. The summed E-state index contributed by atoms with van der Waals surface area (Å²) < 4.78 is 5.31. The summed E-state index contributed by atoms with van der Waals surface area (Å²) in [7, 11) is 1.58. The van der Waals surface area contributed by atoms with Crippen molar-refractivity contribution in [3.63, 3.8) is 0 Å². The summed E-state index contributed by atoms with van der Waals surface area (Å²) in [6, 6.07) is 15.6. The van der Waals surface area contributed by atoms with Crippen molar-refractivity contribution >= 4 is 23.2 Å². The Morgan fingerprint density at radius 1 is 1.14 bits per heavy atom. The monoisotopic (exact) mass is 401 g/mol. The molecule has 1 heterocycles. The standard InChI is InChI=1S/C22H28ClN3O2/c1-17(22(27)24-20-16-19(23)8-9-21(20)28-2)26-14-12-25(13-15-26)11-10-18-6-4-3-5-7-18/h3-9,16-17H,10-15H2,1-2H3,(H,24,27)/t17-/m0/s1. The van der Waals surface area contributed by atoms with E-state index in [9.17, 15) is 4.79 Å². The lowest BCUT2D eigenvalue weighted by atomic mass is 10.1. The summed E-state index contributed by atoms with van der Waals surface area (Å²) in [5.74, 6) is 0.564. The van der Waals surface area contributed by atoms with Crippen LogP contribution < -0.4 is 10.1 Å². The second-order valence-corrected chi connectivity index (χ2v) is 7.56. The number of halogens is 1. The zero-order valence-corrected chi connectivity index (χ0v) is 17.3. The molecule has 1 atom stereocenters. The first kappa shape index (κ1) is 20.6. The van der Waals surface area contributed by atoms with E-state index in [-0.39, 0.29) is 11.9 Å². The van der Waals surface area contributed by atoms with Crippen LogP contribution in [-0.2, 0) is 11.2 Å². The summed E-state index contributed by atoms with van der Waals surface area (Å²) in [6.07, 6.45) is 1.06. The number of methoxy groups -OCH3 is 1. The van der Waals surface area contributed by atoms with Crippen LogP contribution >= 0.6 is 11.6 Å². The van der Waals surface area contributed by atoms with Gasteiger partial charge in [-0.25, -0.2) is 0 Å². The molecule has 28 heavy (non-hydrogen) atoms. The van der Waals surface area contributed by atoms with E-state index in [2.05, 4.69) is 39.4 Å². The second kappa shape index (κ2) is 9.92. The molecule has 0 radical (unpaired) electrons. The molecule has 2 aromatic carbocycles. The van der Waals surface area contributed by atoms with Crippen LogP contribution in [0.15, 0.2) is 48.5 Å². The third-order valence-corrected chi connectivity index (χ3v) is 5.55. The van der Waals surface area contributed by atoms with Crippen molar-refractivity contribution in [1.29, 1.82) is 0 Å². The number of nitrogens with one attached hydrogen (secondary N) is 1. The zero-order chi connectivity index (χ0) is 19.9. The van der Waals surface area contributed by atoms with E-state index < -0.39 is 0 Å². The van der Waals surface area contributed by atoms with E-state index in [0.29, 0.717) is 16.5 Å². The Bertz CT molecular complexity index is 777. The number of hydrogen-bond acceptors (Lipinski definition) is 4. The molecular formula is C22H28ClN3O2. The normalized spacial score (nSPS) is 16.5. The van der Waals surface area contributed by atoms with Crippen LogP contribution in [0, 0.1) is 0 Å². The molecule has 0 bridgehead atoms. The Hall–Kier alpha value is -2.08. The minimum atomic E-state index is -0.208. The lowest BCUT2D eigenvalue weighted by molar-refractivity contribution is -0.121. The van der Waals surface area contributed by atoms with Crippen LogP contribution in [0.1, 0.15) is 12.5 Å². The van der Waals surface area contributed by atoms with Crippen molar-refractivity contribution in [3.8, 4) is 5.75 Å².